The van der Waals surface area contributed by atoms with Gasteiger partial charge in [-0.3, -0.25) is 14.7 Å². The maximum absolute atomic E-state index is 16.2. The van der Waals surface area contributed by atoms with Crippen LogP contribution in [0.3, 0.4) is 0 Å². The van der Waals surface area contributed by atoms with Gasteiger partial charge in [0.15, 0.2) is 5.82 Å². The Balaban J connectivity index is 0.000000393. The van der Waals surface area contributed by atoms with E-state index in [0.717, 1.165) is 45.7 Å². The number of carbonyl (C=O) groups is 1. The first-order chi connectivity index (χ1) is 26.1. The Labute approximate surface area is 317 Å². The molecule has 0 radical (unpaired) electrons. The van der Waals surface area contributed by atoms with Gasteiger partial charge in [0.2, 0.25) is 5.91 Å². The average Bonchev–Trinajstić information content (AvgIpc) is 3.58. The fraction of sp³-hybridized carbons (Fsp3) is 0.462. The molecule has 8 rings (SSSR count). The number of piperazine rings is 1. The Morgan fingerprint density at radius 2 is 1.91 bits per heavy atom. The molecule has 286 valence electrons. The van der Waals surface area contributed by atoms with E-state index in [4.69, 9.17) is 26.3 Å². The molecular weight excluding hydrogens is 721 g/mol. The second-order valence-corrected chi connectivity index (χ2v) is 14.3. The molecule has 1 N–H and O–H groups in total. The lowest BCUT2D eigenvalue weighted by atomic mass is 9.78. The van der Waals surface area contributed by atoms with Gasteiger partial charge in [0.05, 0.1) is 36.8 Å². The van der Waals surface area contributed by atoms with Crippen LogP contribution < -0.4 is 15.0 Å². The first kappa shape index (κ1) is 39.2. The van der Waals surface area contributed by atoms with Gasteiger partial charge in [-0.1, -0.05) is 48.9 Å². The van der Waals surface area contributed by atoms with Crippen LogP contribution in [-0.2, 0) is 9.53 Å². The van der Waals surface area contributed by atoms with Crippen LogP contribution in [0.1, 0.15) is 26.7 Å². The van der Waals surface area contributed by atoms with E-state index < -0.39 is 17.8 Å². The molecule has 1 amide bonds. The number of alkyl halides is 1. The van der Waals surface area contributed by atoms with Crippen LogP contribution in [0, 0.1) is 28.4 Å². The third-order valence-electron chi connectivity index (χ3n) is 10.1. The summed E-state index contributed by atoms with van der Waals surface area (Å²) in [6, 6.07) is 10.2. The number of halogens is 4. The van der Waals surface area contributed by atoms with Gasteiger partial charge in [0, 0.05) is 94.0 Å². The molecule has 0 saturated carbocycles. The van der Waals surface area contributed by atoms with E-state index in [9.17, 15) is 13.6 Å². The van der Waals surface area contributed by atoms with Crippen LogP contribution in [0.5, 0.6) is 6.01 Å². The number of hydrogen-bond donors (Lipinski definition) is 1. The molecule has 2 atom stereocenters. The normalized spacial score (nSPS) is 20.5. The summed E-state index contributed by atoms with van der Waals surface area (Å²) in [4.78, 5) is 32.2. The van der Waals surface area contributed by atoms with Crippen LogP contribution >= 0.6 is 11.6 Å². The average molecular weight is 765 g/mol. The highest BCUT2D eigenvalue weighted by Crippen LogP contribution is 2.39. The smallest absolute Gasteiger partial charge is 0.318 e. The van der Waals surface area contributed by atoms with Crippen molar-refractivity contribution in [1.29, 1.82) is 5.26 Å². The summed E-state index contributed by atoms with van der Waals surface area (Å²) in [5.41, 5.74) is 0.727. The topological polar surface area (TPSA) is 120 Å². The summed E-state index contributed by atoms with van der Waals surface area (Å²) in [6.07, 6.45) is 6.28. The Kier molecular flexibility index (Phi) is 12.5. The number of ether oxygens (including phenoxy) is 2. The summed E-state index contributed by atoms with van der Waals surface area (Å²) in [5, 5.41) is 11.7. The standard InChI is InChI=1S/C31H29ClF2N6O3.C6H12FN.C2H3N/c1-42-30-36-28-21(14-35-27(26(28)34)20-5-2-4-19-7-8-22(33)25(32)24(19)20)29(37-30)40-12-10-39(11-13-40)23(41)6-3-9-38-15-31(16-38)17-43-18-31;1-2-6-3-5(7)4-8-6;1-2-3/h2-8,14H,9-13,15-18H2,1H3;5-6,8H,2-4H2,1H3;1H3/b6-3+;;. The van der Waals surface area contributed by atoms with Gasteiger partial charge in [-0.05, 0) is 24.3 Å². The summed E-state index contributed by atoms with van der Waals surface area (Å²) in [7, 11) is 1.42. The number of nitrogens with zero attached hydrogens (tertiary/aromatic N) is 7. The molecule has 6 heterocycles. The van der Waals surface area contributed by atoms with Gasteiger partial charge in [-0.25, -0.2) is 13.2 Å². The number of hydrogen-bond acceptors (Lipinski definition) is 10. The van der Waals surface area contributed by atoms with Crippen molar-refractivity contribution in [2.75, 3.05) is 77.6 Å². The van der Waals surface area contributed by atoms with Crippen molar-refractivity contribution >= 4 is 45.0 Å². The largest absolute Gasteiger partial charge is 0.467 e. The quantitative estimate of drug-likeness (QED) is 0.226. The second-order valence-electron chi connectivity index (χ2n) is 13.9. The number of carbonyl (C=O) groups excluding carboxylic acids is 1. The van der Waals surface area contributed by atoms with Gasteiger partial charge in [-0.2, -0.15) is 15.2 Å². The zero-order chi connectivity index (χ0) is 38.4. The molecule has 15 heteroatoms. The second kappa shape index (κ2) is 17.3. The number of anilines is 1. The number of rotatable bonds is 7. The molecule has 0 aliphatic carbocycles. The van der Waals surface area contributed by atoms with Gasteiger partial charge < -0.3 is 24.6 Å². The molecule has 2 aromatic carbocycles. The number of benzene rings is 2. The van der Waals surface area contributed by atoms with E-state index in [-0.39, 0.29) is 28.2 Å². The van der Waals surface area contributed by atoms with Gasteiger partial charge >= 0.3 is 6.01 Å². The number of nitriles is 1. The van der Waals surface area contributed by atoms with E-state index in [1.807, 2.05) is 11.0 Å². The molecule has 0 bridgehead atoms. The lowest BCUT2D eigenvalue weighted by molar-refractivity contribution is -0.186. The molecular formula is C39H44ClF3N8O3. The van der Waals surface area contributed by atoms with Crippen molar-refractivity contribution in [3.05, 3.63) is 65.3 Å². The minimum atomic E-state index is -0.691. The lowest BCUT2D eigenvalue weighted by Crippen LogP contribution is -2.65. The number of fused-ring (bicyclic) bond motifs is 2. The summed E-state index contributed by atoms with van der Waals surface area (Å²) >= 11 is 6.31. The number of methoxy groups -OCH3 is 1. The van der Waals surface area contributed by atoms with E-state index in [1.54, 1.807) is 41.3 Å². The van der Waals surface area contributed by atoms with Crippen LogP contribution in [0.2, 0.25) is 5.02 Å². The number of nitrogens with one attached hydrogen (secondary N) is 1. The van der Waals surface area contributed by atoms with Crippen LogP contribution in [0.15, 0.2) is 48.7 Å². The molecule has 2 aromatic heterocycles. The fourth-order valence-corrected chi connectivity index (χ4v) is 7.55. The maximum Gasteiger partial charge on any atom is 0.318 e. The summed E-state index contributed by atoms with van der Waals surface area (Å²) in [5.74, 6) is -0.856. The van der Waals surface area contributed by atoms with Crippen molar-refractivity contribution < 1.29 is 27.4 Å². The summed E-state index contributed by atoms with van der Waals surface area (Å²) < 4.78 is 53.5. The number of pyridine rings is 1. The van der Waals surface area contributed by atoms with Crippen molar-refractivity contribution in [3.8, 4) is 23.3 Å². The highest BCUT2D eigenvalue weighted by molar-refractivity contribution is 6.36. The highest BCUT2D eigenvalue weighted by Gasteiger charge is 2.48. The predicted octanol–water partition coefficient (Wildman–Crippen LogP) is 5.95. The molecule has 11 nitrogen and oxygen atoms in total. The maximum atomic E-state index is 16.2. The molecule has 4 aromatic rings. The Morgan fingerprint density at radius 1 is 1.17 bits per heavy atom. The SMILES string of the molecule is CC#N.CCC1CC(F)CN1.COc1nc(N2CCN(C(=O)/C=C/CN3CC4(COC4)C3)CC2)c2cnc(-c3cccc4ccc(F)c(Cl)c34)c(F)c2n1. The van der Waals surface area contributed by atoms with Crippen LogP contribution in [-0.4, -0.2) is 116 Å². The molecule has 1 spiro atoms. The van der Waals surface area contributed by atoms with Crippen molar-refractivity contribution in [1.82, 2.24) is 30.1 Å². The highest BCUT2D eigenvalue weighted by atomic mass is 35.5. The number of aromatic nitrogens is 3. The minimum Gasteiger partial charge on any atom is -0.467 e. The Bertz CT molecular complexity index is 2040. The van der Waals surface area contributed by atoms with E-state index >= 15 is 4.39 Å². The van der Waals surface area contributed by atoms with Crippen LogP contribution in [0.25, 0.3) is 32.9 Å². The van der Waals surface area contributed by atoms with Crippen molar-refractivity contribution in [2.45, 2.75) is 38.9 Å². The molecule has 2 unspecified atom stereocenters. The molecule has 4 aliphatic rings. The minimum absolute atomic E-state index is 0.00298. The Hall–Kier alpha value is -4.55. The van der Waals surface area contributed by atoms with Gasteiger partial charge in [-0.15, -0.1) is 0 Å². The first-order valence-corrected chi connectivity index (χ1v) is 18.4. The predicted molar refractivity (Wildman–Crippen MR) is 202 cm³/mol. The van der Waals surface area contributed by atoms with E-state index in [1.165, 1.54) is 26.3 Å². The number of likely N-dealkylation sites (tertiary alicyclic amines) is 1. The molecule has 54 heavy (non-hydrogen) atoms. The van der Waals surface area contributed by atoms with E-state index in [0.29, 0.717) is 71.7 Å². The van der Waals surface area contributed by atoms with Crippen molar-refractivity contribution in [3.63, 3.8) is 0 Å². The lowest BCUT2D eigenvalue weighted by Gasteiger charge is -2.54. The zero-order valence-electron chi connectivity index (χ0n) is 30.6. The first-order valence-electron chi connectivity index (χ1n) is 18.1. The summed E-state index contributed by atoms with van der Waals surface area (Å²) in [6.45, 7) is 10.5. The monoisotopic (exact) mass is 764 g/mol. The number of amides is 1. The molecule has 4 saturated heterocycles. The third-order valence-corrected chi connectivity index (χ3v) is 10.5. The van der Waals surface area contributed by atoms with Gasteiger partial charge in [0.1, 0.15) is 29.0 Å². The van der Waals surface area contributed by atoms with Crippen LogP contribution in [0.4, 0.5) is 19.0 Å². The van der Waals surface area contributed by atoms with Gasteiger partial charge in [0.25, 0.3) is 0 Å². The molecule has 4 aliphatic heterocycles. The fourth-order valence-electron chi connectivity index (χ4n) is 7.28. The molecule has 4 fully saturated rings. The Morgan fingerprint density at radius 3 is 2.52 bits per heavy atom. The third kappa shape index (κ3) is 8.39. The van der Waals surface area contributed by atoms with Crippen molar-refractivity contribution in [2.24, 2.45) is 5.41 Å². The van der Waals surface area contributed by atoms with E-state index in [2.05, 4.69) is 32.1 Å². The zero-order valence-corrected chi connectivity index (χ0v) is 31.4.